The third kappa shape index (κ3) is 4.43. The summed E-state index contributed by atoms with van der Waals surface area (Å²) in [6, 6.07) is 10.2. The van der Waals surface area contributed by atoms with Gasteiger partial charge in [-0.1, -0.05) is 37.3 Å². The van der Waals surface area contributed by atoms with Crippen LogP contribution in [0.5, 0.6) is 0 Å². The van der Waals surface area contributed by atoms with Crippen molar-refractivity contribution in [2.45, 2.75) is 31.2 Å². The van der Waals surface area contributed by atoms with E-state index in [9.17, 15) is 4.79 Å². The fraction of sp³-hybridized carbons (Fsp3) is 0.562. The van der Waals surface area contributed by atoms with Gasteiger partial charge in [0.2, 0.25) is 5.91 Å². The van der Waals surface area contributed by atoms with Gasteiger partial charge in [-0.2, -0.15) is 0 Å². The summed E-state index contributed by atoms with van der Waals surface area (Å²) in [5, 5.41) is 0. The first kappa shape index (κ1) is 18.0. The van der Waals surface area contributed by atoms with Gasteiger partial charge in [-0.25, -0.2) is 0 Å². The normalized spacial score (nSPS) is 18.4. The van der Waals surface area contributed by atoms with Crippen molar-refractivity contribution >= 4 is 18.3 Å². The SMILES string of the molecule is CC(CN(C)C(=O)C1(N)CCOCC1)c1ccccc1.Cl. The van der Waals surface area contributed by atoms with Crippen molar-refractivity contribution in [1.82, 2.24) is 4.90 Å². The lowest BCUT2D eigenvalue weighted by molar-refractivity contribution is -0.139. The van der Waals surface area contributed by atoms with Crippen LogP contribution >= 0.6 is 12.4 Å². The van der Waals surface area contributed by atoms with Crippen LogP contribution in [-0.2, 0) is 9.53 Å². The van der Waals surface area contributed by atoms with Crippen molar-refractivity contribution < 1.29 is 9.53 Å². The first-order chi connectivity index (χ1) is 9.53. The van der Waals surface area contributed by atoms with Gasteiger partial charge in [-0.15, -0.1) is 12.4 Å². The average molecular weight is 313 g/mol. The van der Waals surface area contributed by atoms with Gasteiger partial charge in [0, 0.05) is 26.8 Å². The van der Waals surface area contributed by atoms with Crippen molar-refractivity contribution in [2.75, 3.05) is 26.8 Å². The minimum atomic E-state index is -0.747. The molecule has 1 amide bonds. The van der Waals surface area contributed by atoms with Crippen molar-refractivity contribution in [1.29, 1.82) is 0 Å². The summed E-state index contributed by atoms with van der Waals surface area (Å²) in [7, 11) is 1.84. The van der Waals surface area contributed by atoms with Gasteiger partial charge in [0.05, 0.1) is 5.54 Å². The number of carbonyl (C=O) groups is 1. The van der Waals surface area contributed by atoms with Crippen LogP contribution in [-0.4, -0.2) is 43.2 Å². The highest BCUT2D eigenvalue weighted by Crippen LogP contribution is 2.22. The highest BCUT2D eigenvalue weighted by Gasteiger charge is 2.38. The molecule has 0 radical (unpaired) electrons. The third-order valence-corrected chi connectivity index (χ3v) is 4.07. The second-order valence-corrected chi connectivity index (χ2v) is 5.77. The standard InChI is InChI=1S/C16H24N2O2.ClH/c1-13(14-6-4-3-5-7-14)12-18(2)15(19)16(17)8-10-20-11-9-16;/h3-7,13H,8-12,17H2,1-2H3;1H. The van der Waals surface area contributed by atoms with Crippen LogP contribution in [0, 0.1) is 0 Å². The number of benzene rings is 1. The van der Waals surface area contributed by atoms with Gasteiger partial charge in [-0.3, -0.25) is 4.79 Å². The summed E-state index contributed by atoms with van der Waals surface area (Å²) in [6.07, 6.45) is 1.21. The summed E-state index contributed by atoms with van der Waals surface area (Å²) in [6.45, 7) is 3.96. The highest BCUT2D eigenvalue weighted by molar-refractivity contribution is 5.86. The zero-order valence-corrected chi connectivity index (χ0v) is 13.6. The highest BCUT2D eigenvalue weighted by atomic mass is 35.5. The van der Waals surface area contributed by atoms with E-state index in [0.29, 0.717) is 38.5 Å². The van der Waals surface area contributed by atoms with E-state index in [1.165, 1.54) is 5.56 Å². The predicted molar refractivity (Wildman–Crippen MR) is 86.7 cm³/mol. The maximum absolute atomic E-state index is 12.5. The van der Waals surface area contributed by atoms with E-state index in [4.69, 9.17) is 10.5 Å². The molecule has 1 aromatic carbocycles. The maximum atomic E-state index is 12.5. The second-order valence-electron chi connectivity index (χ2n) is 5.77. The van der Waals surface area contributed by atoms with E-state index in [1.807, 2.05) is 25.2 Å². The van der Waals surface area contributed by atoms with Crippen molar-refractivity contribution in [3.8, 4) is 0 Å². The number of rotatable bonds is 4. The molecule has 1 aromatic rings. The topological polar surface area (TPSA) is 55.6 Å². The molecule has 21 heavy (non-hydrogen) atoms. The van der Waals surface area contributed by atoms with E-state index in [1.54, 1.807) is 4.90 Å². The molecule has 1 heterocycles. The molecular formula is C16H25ClN2O2. The summed E-state index contributed by atoms with van der Waals surface area (Å²) in [5.74, 6) is 0.331. The molecule has 1 saturated heterocycles. The van der Waals surface area contributed by atoms with E-state index < -0.39 is 5.54 Å². The second kappa shape index (κ2) is 7.78. The molecule has 1 fully saturated rings. The molecule has 5 heteroatoms. The van der Waals surface area contributed by atoms with Gasteiger partial charge in [0.25, 0.3) is 0 Å². The van der Waals surface area contributed by atoms with Gasteiger partial charge in [0.15, 0.2) is 0 Å². The summed E-state index contributed by atoms with van der Waals surface area (Å²) >= 11 is 0. The Morgan fingerprint density at radius 2 is 1.90 bits per heavy atom. The van der Waals surface area contributed by atoms with Crippen molar-refractivity contribution in [2.24, 2.45) is 5.73 Å². The van der Waals surface area contributed by atoms with Crippen LogP contribution in [0.4, 0.5) is 0 Å². The number of hydrogen-bond acceptors (Lipinski definition) is 3. The molecule has 1 unspecified atom stereocenters. The van der Waals surface area contributed by atoms with Crippen LogP contribution in [0.15, 0.2) is 30.3 Å². The largest absolute Gasteiger partial charge is 0.381 e. The van der Waals surface area contributed by atoms with Crippen LogP contribution < -0.4 is 5.73 Å². The zero-order valence-electron chi connectivity index (χ0n) is 12.7. The first-order valence-electron chi connectivity index (χ1n) is 7.20. The molecule has 2 rings (SSSR count). The van der Waals surface area contributed by atoms with Gasteiger partial charge >= 0.3 is 0 Å². The predicted octanol–water partition coefficient (Wildman–Crippen LogP) is 2.18. The molecule has 0 spiro atoms. The Bertz CT molecular complexity index is 447. The Morgan fingerprint density at radius 1 is 1.33 bits per heavy atom. The van der Waals surface area contributed by atoms with Crippen molar-refractivity contribution in [3.63, 3.8) is 0 Å². The quantitative estimate of drug-likeness (QED) is 0.927. The molecule has 118 valence electrons. The third-order valence-electron chi connectivity index (χ3n) is 4.07. The van der Waals surface area contributed by atoms with Crippen molar-refractivity contribution in [3.05, 3.63) is 35.9 Å². The Hall–Kier alpha value is -1.10. The number of nitrogens with zero attached hydrogens (tertiary/aromatic N) is 1. The molecule has 0 aliphatic carbocycles. The first-order valence-corrected chi connectivity index (χ1v) is 7.20. The molecule has 0 bridgehead atoms. The molecule has 2 N–H and O–H groups in total. The van der Waals surface area contributed by atoms with Crippen LogP contribution in [0.3, 0.4) is 0 Å². The lowest BCUT2D eigenvalue weighted by Crippen LogP contribution is -2.57. The smallest absolute Gasteiger partial charge is 0.242 e. The van der Waals surface area contributed by atoms with E-state index in [2.05, 4.69) is 19.1 Å². The number of halogens is 1. The number of amides is 1. The zero-order chi connectivity index (χ0) is 14.6. The van der Waals surface area contributed by atoms with Gasteiger partial charge in [-0.05, 0) is 24.3 Å². The van der Waals surface area contributed by atoms with Gasteiger partial charge < -0.3 is 15.4 Å². The number of likely N-dealkylation sites (N-methyl/N-ethyl adjacent to an activating group) is 1. The Labute approximate surface area is 133 Å². The Balaban J connectivity index is 0.00000220. The minimum absolute atomic E-state index is 0. The van der Waals surface area contributed by atoms with Crippen LogP contribution in [0.25, 0.3) is 0 Å². The van der Waals surface area contributed by atoms with Crippen LogP contribution in [0.1, 0.15) is 31.2 Å². The average Bonchev–Trinajstić information content (AvgIpc) is 2.48. The van der Waals surface area contributed by atoms with Gasteiger partial charge in [0.1, 0.15) is 0 Å². The Morgan fingerprint density at radius 3 is 2.48 bits per heavy atom. The molecular weight excluding hydrogens is 288 g/mol. The van der Waals surface area contributed by atoms with E-state index in [0.717, 1.165) is 0 Å². The lowest BCUT2D eigenvalue weighted by atomic mass is 9.89. The fourth-order valence-electron chi connectivity index (χ4n) is 2.71. The molecule has 4 nitrogen and oxygen atoms in total. The number of nitrogens with two attached hydrogens (primary N) is 1. The molecule has 1 aliphatic heterocycles. The molecule has 0 saturated carbocycles. The number of carbonyl (C=O) groups excluding carboxylic acids is 1. The lowest BCUT2D eigenvalue weighted by Gasteiger charge is -2.36. The Kier molecular flexibility index (Phi) is 6.65. The summed E-state index contributed by atoms with van der Waals surface area (Å²) in [5.41, 5.74) is 6.74. The summed E-state index contributed by atoms with van der Waals surface area (Å²) < 4.78 is 5.29. The van der Waals surface area contributed by atoms with E-state index >= 15 is 0 Å². The van der Waals surface area contributed by atoms with E-state index in [-0.39, 0.29) is 18.3 Å². The minimum Gasteiger partial charge on any atom is -0.381 e. The van der Waals surface area contributed by atoms with Crippen LogP contribution in [0.2, 0.25) is 0 Å². The summed E-state index contributed by atoms with van der Waals surface area (Å²) in [4.78, 5) is 14.3. The molecule has 0 aromatic heterocycles. The monoisotopic (exact) mass is 312 g/mol. The number of ether oxygens (including phenoxy) is 1. The number of hydrogen-bond donors (Lipinski definition) is 1. The fourth-order valence-corrected chi connectivity index (χ4v) is 2.71. The molecule has 1 atom stereocenters. The molecule has 1 aliphatic rings. The maximum Gasteiger partial charge on any atom is 0.242 e.